The number of nitrogens with zero attached hydrogens (tertiary/aromatic N) is 1. The minimum atomic E-state index is -0.483. The van der Waals surface area contributed by atoms with E-state index in [-0.39, 0.29) is 0 Å². The molecule has 0 N–H and O–H groups in total. The Bertz CT molecular complexity index is 3500. The molecule has 2 spiro atoms. The van der Waals surface area contributed by atoms with Crippen molar-refractivity contribution in [3.8, 4) is 33.4 Å². The van der Waals surface area contributed by atoms with Crippen LogP contribution in [-0.2, 0) is 10.8 Å². The van der Waals surface area contributed by atoms with Crippen molar-refractivity contribution in [3.05, 3.63) is 281 Å². The first-order valence-corrected chi connectivity index (χ1v) is 24.0. The summed E-state index contributed by atoms with van der Waals surface area (Å²) in [4.78, 5) is 7.67. The van der Waals surface area contributed by atoms with Crippen LogP contribution in [0.15, 0.2) is 256 Å². The van der Waals surface area contributed by atoms with Crippen LogP contribution in [0.25, 0.3) is 33.4 Å². The maximum atomic E-state index is 2.51. The van der Waals surface area contributed by atoms with Gasteiger partial charge < -0.3 is 4.90 Å². The van der Waals surface area contributed by atoms with Crippen molar-refractivity contribution in [2.45, 2.75) is 30.4 Å². The molecule has 10 aromatic rings. The second-order valence-corrected chi connectivity index (χ2v) is 19.7. The lowest BCUT2D eigenvalue weighted by Gasteiger charge is -2.41. The van der Waals surface area contributed by atoms with Crippen LogP contribution < -0.4 is 4.90 Å². The van der Waals surface area contributed by atoms with Crippen LogP contribution in [0.1, 0.15) is 44.5 Å². The predicted octanol–water partition coefficient (Wildman–Crippen LogP) is 16.5. The molecule has 2 heterocycles. The maximum absolute atomic E-state index is 2.51. The Kier molecular flexibility index (Phi) is 8.05. The molecule has 0 radical (unpaired) electrons. The highest BCUT2D eigenvalue weighted by molar-refractivity contribution is 7.99. The molecule has 0 saturated carbocycles. The molecule has 4 aliphatic rings. The number of hydrogen-bond acceptors (Lipinski definition) is 3. The van der Waals surface area contributed by atoms with Crippen molar-refractivity contribution >= 4 is 40.6 Å². The van der Waals surface area contributed by atoms with Crippen molar-refractivity contribution in [2.24, 2.45) is 0 Å². The fourth-order valence-corrected chi connectivity index (χ4v) is 14.3. The monoisotopic (exact) mass is 861 g/mol. The molecule has 0 atom stereocenters. The van der Waals surface area contributed by atoms with E-state index in [0.717, 1.165) is 17.1 Å². The van der Waals surface area contributed by atoms with Crippen molar-refractivity contribution in [1.29, 1.82) is 0 Å². The second kappa shape index (κ2) is 14.1. The summed E-state index contributed by atoms with van der Waals surface area (Å²) < 4.78 is 0. The number of anilines is 3. The quantitative estimate of drug-likeness (QED) is 0.174. The Labute approximate surface area is 388 Å². The van der Waals surface area contributed by atoms with Gasteiger partial charge in [-0.05, 0) is 132 Å². The smallest absolute Gasteiger partial charge is 0.0736 e. The van der Waals surface area contributed by atoms with Crippen molar-refractivity contribution < 1.29 is 0 Å². The van der Waals surface area contributed by atoms with Gasteiger partial charge in [-0.2, -0.15) is 0 Å². The fourth-order valence-electron chi connectivity index (χ4n) is 11.9. The summed E-state index contributed by atoms with van der Waals surface area (Å²) >= 11 is 3.79. The first kappa shape index (κ1) is 37.1. The topological polar surface area (TPSA) is 3.24 Å². The lowest BCUT2D eigenvalue weighted by Crippen LogP contribution is -2.32. The van der Waals surface area contributed by atoms with Crippen molar-refractivity contribution in [3.63, 3.8) is 0 Å². The van der Waals surface area contributed by atoms with E-state index >= 15 is 0 Å². The Morgan fingerprint density at radius 2 is 0.646 bits per heavy atom. The van der Waals surface area contributed by atoms with E-state index in [1.807, 2.05) is 23.5 Å². The predicted molar refractivity (Wildman–Crippen MR) is 269 cm³/mol. The average molecular weight is 862 g/mol. The lowest BCUT2D eigenvalue weighted by atomic mass is 9.67. The van der Waals surface area contributed by atoms with E-state index in [1.54, 1.807) is 0 Å². The van der Waals surface area contributed by atoms with Crippen LogP contribution in [0, 0.1) is 0 Å². The number of benzene rings is 10. The molecule has 65 heavy (non-hydrogen) atoms. The molecule has 0 fully saturated rings. The highest BCUT2D eigenvalue weighted by Crippen LogP contribution is 2.64. The lowest BCUT2D eigenvalue weighted by molar-refractivity contribution is 0.721. The third-order valence-electron chi connectivity index (χ3n) is 14.4. The Morgan fingerprint density at radius 3 is 1.23 bits per heavy atom. The molecule has 0 bridgehead atoms. The molecule has 0 unspecified atom stereocenters. The molecule has 0 amide bonds. The molecule has 10 aromatic carbocycles. The summed E-state index contributed by atoms with van der Waals surface area (Å²) in [7, 11) is 0. The van der Waals surface area contributed by atoms with Crippen LogP contribution in [0.4, 0.5) is 17.1 Å². The van der Waals surface area contributed by atoms with Gasteiger partial charge >= 0.3 is 0 Å². The first-order chi connectivity index (χ1) is 32.2. The number of rotatable bonds is 4. The fraction of sp³-hybridized carbons (Fsp3) is 0.0323. The van der Waals surface area contributed by atoms with Gasteiger partial charge in [-0.3, -0.25) is 0 Å². The SMILES string of the molecule is c1ccc(-c2cccc(N(c3ccc4c(c3)Sc3ccccc3C43c4ccccc4-c4ccccc43)c3ccc4c(c3)C3(c5ccccc5S4)c4ccccc4-c4ccccc43)c2)cc1. The number of fused-ring (bicyclic) bond motifs is 18. The normalized spacial score (nSPS) is 14.6. The van der Waals surface area contributed by atoms with E-state index in [4.69, 9.17) is 0 Å². The van der Waals surface area contributed by atoms with Gasteiger partial charge in [0.05, 0.1) is 10.8 Å². The van der Waals surface area contributed by atoms with Gasteiger partial charge in [-0.1, -0.05) is 206 Å². The van der Waals surface area contributed by atoms with Crippen molar-refractivity contribution in [1.82, 2.24) is 0 Å². The van der Waals surface area contributed by atoms with Gasteiger partial charge in [-0.15, -0.1) is 0 Å². The maximum Gasteiger partial charge on any atom is 0.0736 e. The molecule has 304 valence electrons. The zero-order valence-corrected chi connectivity index (χ0v) is 36.9. The Morgan fingerprint density at radius 1 is 0.246 bits per heavy atom. The summed E-state index contributed by atoms with van der Waals surface area (Å²) in [6, 6.07) is 88.9. The molecule has 2 aliphatic carbocycles. The summed E-state index contributed by atoms with van der Waals surface area (Å²) in [6.45, 7) is 0. The van der Waals surface area contributed by atoms with Gasteiger partial charge in [0, 0.05) is 36.6 Å². The zero-order valence-electron chi connectivity index (χ0n) is 35.3. The van der Waals surface area contributed by atoms with Gasteiger partial charge in [0.1, 0.15) is 0 Å². The van der Waals surface area contributed by atoms with Crippen LogP contribution in [-0.4, -0.2) is 0 Å². The largest absolute Gasteiger partial charge is 0.310 e. The zero-order chi connectivity index (χ0) is 42.7. The summed E-state index contributed by atoms with van der Waals surface area (Å²) in [5.74, 6) is 0. The highest BCUT2D eigenvalue weighted by Gasteiger charge is 2.52. The van der Waals surface area contributed by atoms with E-state index in [9.17, 15) is 0 Å². The van der Waals surface area contributed by atoms with Crippen LogP contribution in [0.5, 0.6) is 0 Å². The second-order valence-electron chi connectivity index (χ2n) is 17.5. The molecule has 3 heteroatoms. The van der Waals surface area contributed by atoms with Crippen LogP contribution >= 0.6 is 23.5 Å². The summed E-state index contributed by atoms with van der Waals surface area (Å²) in [5, 5.41) is 0. The molecule has 1 nitrogen and oxygen atoms in total. The highest BCUT2D eigenvalue weighted by atomic mass is 32.2. The van der Waals surface area contributed by atoms with E-state index in [1.165, 1.54) is 97.5 Å². The van der Waals surface area contributed by atoms with E-state index in [0.29, 0.717) is 0 Å². The Hall–Kier alpha value is -7.30. The minimum Gasteiger partial charge on any atom is -0.310 e. The summed E-state index contributed by atoms with van der Waals surface area (Å²) in [6.07, 6.45) is 0. The Balaban J connectivity index is 1.02. The molecule has 0 saturated heterocycles. The standard InChI is InChI=1S/C62H39NS2/c1-2-17-40(18-3-1)41-19-16-20-42(37-41)63(43-34-36-59-56(38-43)62(54-30-13-14-31-57(54)64-59)51-27-10-6-23-47(51)48-24-7-11-28-52(48)62)44-33-35-55-60(39-44)65-58-32-15-12-29-53(58)61(55)49-25-8-4-21-45(49)46-22-5-9-26-50(46)61/h1-39H. The molecule has 0 aromatic heterocycles. The van der Waals surface area contributed by atoms with Crippen molar-refractivity contribution in [2.75, 3.05) is 4.90 Å². The van der Waals surface area contributed by atoms with Crippen LogP contribution in [0.3, 0.4) is 0 Å². The average Bonchev–Trinajstić information content (AvgIpc) is 3.83. The molecular weight excluding hydrogens is 823 g/mol. The van der Waals surface area contributed by atoms with E-state index in [2.05, 4.69) is 241 Å². The van der Waals surface area contributed by atoms with Gasteiger partial charge in [0.15, 0.2) is 0 Å². The van der Waals surface area contributed by atoms with Gasteiger partial charge in [0.2, 0.25) is 0 Å². The van der Waals surface area contributed by atoms with Gasteiger partial charge in [0.25, 0.3) is 0 Å². The van der Waals surface area contributed by atoms with Gasteiger partial charge in [-0.25, -0.2) is 0 Å². The molecule has 2 aliphatic heterocycles. The third kappa shape index (κ3) is 5.08. The molecular formula is C62H39NS2. The number of hydrogen-bond donors (Lipinski definition) is 0. The first-order valence-electron chi connectivity index (χ1n) is 22.4. The third-order valence-corrected chi connectivity index (χ3v) is 16.7. The van der Waals surface area contributed by atoms with Crippen LogP contribution in [0.2, 0.25) is 0 Å². The minimum absolute atomic E-state index is 0.437. The summed E-state index contributed by atoms with van der Waals surface area (Å²) in [5.41, 5.74) is 20.8. The molecule has 14 rings (SSSR count). The van der Waals surface area contributed by atoms with E-state index < -0.39 is 10.8 Å².